The van der Waals surface area contributed by atoms with Crippen LogP contribution in [0, 0.1) is 17.1 Å². The van der Waals surface area contributed by atoms with Gasteiger partial charge in [0.25, 0.3) is 0 Å². The van der Waals surface area contributed by atoms with E-state index in [0.717, 1.165) is 11.6 Å². The molecule has 0 amide bonds. The molecule has 1 aromatic carbocycles. The van der Waals surface area contributed by atoms with Gasteiger partial charge < -0.3 is 15.6 Å². The van der Waals surface area contributed by atoms with Gasteiger partial charge in [0, 0.05) is 36.5 Å². The van der Waals surface area contributed by atoms with Crippen LogP contribution in [-0.4, -0.2) is 22.7 Å². The number of aromatic nitrogens is 1. The quantitative estimate of drug-likeness (QED) is 0.764. The van der Waals surface area contributed by atoms with E-state index in [1.165, 1.54) is 6.07 Å². The van der Waals surface area contributed by atoms with Gasteiger partial charge in [-0.25, -0.2) is 4.39 Å². The van der Waals surface area contributed by atoms with Crippen molar-refractivity contribution in [3.8, 4) is 11.8 Å². The van der Waals surface area contributed by atoms with Crippen molar-refractivity contribution in [1.29, 1.82) is 5.26 Å². The number of ether oxygens (including phenoxy) is 1. The summed E-state index contributed by atoms with van der Waals surface area (Å²) >= 11 is 5.76. The van der Waals surface area contributed by atoms with Crippen molar-refractivity contribution in [3.63, 3.8) is 0 Å². The Bertz CT molecular complexity index is 714. The van der Waals surface area contributed by atoms with E-state index in [4.69, 9.17) is 32.4 Å². The summed E-state index contributed by atoms with van der Waals surface area (Å²) in [5.74, 6) is -0.543. The molecule has 3 N–H and O–H groups in total. The van der Waals surface area contributed by atoms with E-state index in [-0.39, 0.29) is 47.8 Å². The van der Waals surface area contributed by atoms with Crippen LogP contribution in [0.1, 0.15) is 23.7 Å². The fourth-order valence-electron chi connectivity index (χ4n) is 2.03. The van der Waals surface area contributed by atoms with E-state index in [1.807, 2.05) is 6.07 Å². The molecule has 2 atom stereocenters. The second kappa shape index (κ2) is 11.1. The zero-order chi connectivity index (χ0) is 16.8. The maximum absolute atomic E-state index is 13.5. The predicted molar refractivity (Wildman–Crippen MR) is 97.9 cm³/mol. The lowest BCUT2D eigenvalue weighted by Gasteiger charge is -2.22. The van der Waals surface area contributed by atoms with Crippen molar-refractivity contribution < 1.29 is 14.2 Å². The molecule has 0 saturated carbocycles. The van der Waals surface area contributed by atoms with Gasteiger partial charge in [0.15, 0.2) is 0 Å². The maximum atomic E-state index is 13.5. The van der Waals surface area contributed by atoms with E-state index < -0.39 is 18.0 Å². The van der Waals surface area contributed by atoms with E-state index >= 15 is 0 Å². The molecule has 136 valence electrons. The third kappa shape index (κ3) is 6.31. The van der Waals surface area contributed by atoms with Crippen molar-refractivity contribution in [3.05, 3.63) is 58.6 Å². The van der Waals surface area contributed by atoms with Gasteiger partial charge in [-0.15, -0.1) is 24.8 Å². The number of nitrogens with two attached hydrogens (primary N) is 1. The summed E-state index contributed by atoms with van der Waals surface area (Å²) in [6, 6.07) is 7.15. The Labute approximate surface area is 162 Å². The van der Waals surface area contributed by atoms with Crippen LogP contribution in [0.4, 0.5) is 4.39 Å². The standard InChI is InChI=1S/C16H15ClFN3O2.2ClH/c17-13-6-16(11(7-19)4-14(13)18)23-15(5-12(20)9-22)10-2-1-3-21-8-10;;/h1-4,6,8,12,15,22H,5,9,20H2;2*1H/t12-,15+;;/m0../s1. The molecule has 0 spiro atoms. The highest BCUT2D eigenvalue weighted by molar-refractivity contribution is 6.30. The molecule has 1 aromatic heterocycles. The molecule has 9 heteroatoms. The van der Waals surface area contributed by atoms with Crippen molar-refractivity contribution in [2.45, 2.75) is 18.6 Å². The van der Waals surface area contributed by atoms with Crippen LogP contribution in [0.5, 0.6) is 5.75 Å². The molecule has 0 unspecified atom stereocenters. The normalized spacial score (nSPS) is 12.1. The first-order chi connectivity index (χ1) is 11.0. The molecular weight excluding hydrogens is 392 g/mol. The topological polar surface area (TPSA) is 92.2 Å². The van der Waals surface area contributed by atoms with Crippen molar-refractivity contribution in [2.75, 3.05) is 6.61 Å². The molecule has 0 aliphatic rings. The minimum absolute atomic E-state index is 0. The number of nitrogens with zero attached hydrogens (tertiary/aromatic N) is 2. The smallest absolute Gasteiger partial charge is 0.143 e. The van der Waals surface area contributed by atoms with Gasteiger partial charge >= 0.3 is 0 Å². The Balaban J connectivity index is 0.00000288. The minimum atomic E-state index is -0.694. The van der Waals surface area contributed by atoms with Crippen LogP contribution >= 0.6 is 36.4 Å². The lowest BCUT2D eigenvalue weighted by atomic mass is 10.0. The third-order valence-corrected chi connectivity index (χ3v) is 3.51. The number of rotatable bonds is 6. The Hall–Kier alpha value is -1.62. The molecule has 0 bridgehead atoms. The SMILES string of the molecule is Cl.Cl.N#Cc1cc(F)c(Cl)cc1O[C@H](C[C@H](N)CO)c1cccnc1. The summed E-state index contributed by atoms with van der Waals surface area (Å²) < 4.78 is 19.3. The monoisotopic (exact) mass is 407 g/mol. The second-order valence-electron chi connectivity index (χ2n) is 4.95. The largest absolute Gasteiger partial charge is 0.484 e. The summed E-state index contributed by atoms with van der Waals surface area (Å²) in [6.45, 7) is -0.213. The number of aliphatic hydroxyl groups excluding tert-OH is 1. The summed E-state index contributed by atoms with van der Waals surface area (Å²) in [5.41, 5.74) is 6.54. The Morgan fingerprint density at radius 3 is 2.68 bits per heavy atom. The van der Waals surface area contributed by atoms with Gasteiger partial charge in [0.05, 0.1) is 17.2 Å². The van der Waals surface area contributed by atoms with Crippen LogP contribution in [0.15, 0.2) is 36.7 Å². The number of hydrogen-bond acceptors (Lipinski definition) is 5. The van der Waals surface area contributed by atoms with Crippen LogP contribution in [0.3, 0.4) is 0 Å². The summed E-state index contributed by atoms with van der Waals surface area (Å²) in [5, 5.41) is 18.1. The van der Waals surface area contributed by atoms with Gasteiger partial charge in [0.2, 0.25) is 0 Å². The van der Waals surface area contributed by atoms with Crippen molar-refractivity contribution >= 4 is 36.4 Å². The second-order valence-corrected chi connectivity index (χ2v) is 5.35. The number of nitriles is 1. The van der Waals surface area contributed by atoms with E-state index in [9.17, 15) is 4.39 Å². The van der Waals surface area contributed by atoms with E-state index in [2.05, 4.69) is 4.98 Å². The van der Waals surface area contributed by atoms with Crippen LogP contribution < -0.4 is 10.5 Å². The van der Waals surface area contributed by atoms with Gasteiger partial charge in [-0.1, -0.05) is 17.7 Å². The van der Waals surface area contributed by atoms with Crippen molar-refractivity contribution in [1.82, 2.24) is 4.98 Å². The zero-order valence-electron chi connectivity index (χ0n) is 12.9. The molecule has 25 heavy (non-hydrogen) atoms. The van der Waals surface area contributed by atoms with Gasteiger partial charge in [0.1, 0.15) is 23.7 Å². The zero-order valence-corrected chi connectivity index (χ0v) is 15.3. The number of hydrogen-bond donors (Lipinski definition) is 2. The summed E-state index contributed by atoms with van der Waals surface area (Å²) in [7, 11) is 0. The van der Waals surface area contributed by atoms with Crippen LogP contribution in [0.25, 0.3) is 0 Å². The lowest BCUT2D eigenvalue weighted by Crippen LogP contribution is -2.28. The van der Waals surface area contributed by atoms with Crippen LogP contribution in [0.2, 0.25) is 5.02 Å². The molecule has 0 saturated heterocycles. The number of aliphatic hydroxyl groups is 1. The van der Waals surface area contributed by atoms with E-state index in [1.54, 1.807) is 24.5 Å². The molecule has 0 radical (unpaired) electrons. The van der Waals surface area contributed by atoms with Gasteiger partial charge in [-0.05, 0) is 12.1 Å². The molecule has 5 nitrogen and oxygen atoms in total. The summed E-state index contributed by atoms with van der Waals surface area (Å²) in [4.78, 5) is 4.02. The minimum Gasteiger partial charge on any atom is -0.484 e. The highest BCUT2D eigenvalue weighted by Gasteiger charge is 2.20. The van der Waals surface area contributed by atoms with Crippen molar-refractivity contribution in [2.24, 2.45) is 5.73 Å². The number of halogens is 4. The Kier molecular flexibility index (Phi) is 10.4. The molecule has 2 aromatic rings. The maximum Gasteiger partial charge on any atom is 0.143 e. The molecule has 0 aliphatic heterocycles. The first kappa shape index (κ1) is 23.4. The number of benzene rings is 1. The Morgan fingerprint density at radius 1 is 1.40 bits per heavy atom. The first-order valence-electron chi connectivity index (χ1n) is 6.87. The molecule has 1 heterocycles. The highest BCUT2D eigenvalue weighted by atomic mass is 35.5. The summed E-state index contributed by atoms with van der Waals surface area (Å²) in [6.07, 6.45) is 2.95. The fraction of sp³-hybridized carbons (Fsp3) is 0.250. The Morgan fingerprint density at radius 2 is 2.12 bits per heavy atom. The first-order valence-corrected chi connectivity index (χ1v) is 7.25. The molecule has 2 rings (SSSR count). The van der Waals surface area contributed by atoms with Gasteiger partial charge in [-0.3, -0.25) is 4.98 Å². The molecular formula is C16H17Cl3FN3O2. The van der Waals surface area contributed by atoms with Gasteiger partial charge in [-0.2, -0.15) is 5.26 Å². The average Bonchev–Trinajstić information content (AvgIpc) is 2.57. The lowest BCUT2D eigenvalue weighted by molar-refractivity contribution is 0.161. The number of pyridine rings is 1. The highest BCUT2D eigenvalue weighted by Crippen LogP contribution is 2.31. The third-order valence-electron chi connectivity index (χ3n) is 3.22. The fourth-order valence-corrected chi connectivity index (χ4v) is 2.19. The predicted octanol–water partition coefficient (Wildman–Crippen LogP) is 3.42. The van der Waals surface area contributed by atoms with Crippen LogP contribution in [-0.2, 0) is 0 Å². The molecule has 0 fully saturated rings. The average molecular weight is 409 g/mol. The molecule has 0 aliphatic carbocycles. The van der Waals surface area contributed by atoms with E-state index in [0.29, 0.717) is 6.42 Å².